The molecule has 0 saturated heterocycles. The third-order valence-corrected chi connectivity index (χ3v) is 5.02. The van der Waals surface area contributed by atoms with Crippen molar-refractivity contribution in [1.82, 2.24) is 29.8 Å². The molecule has 0 radical (unpaired) electrons. The highest BCUT2D eigenvalue weighted by Crippen LogP contribution is 2.27. The highest BCUT2D eigenvalue weighted by molar-refractivity contribution is 6.32. The summed E-state index contributed by atoms with van der Waals surface area (Å²) in [6.45, 7) is 12.9. The highest BCUT2D eigenvalue weighted by atomic mass is 35.5. The van der Waals surface area contributed by atoms with Crippen LogP contribution in [0, 0.1) is 41.0 Å². The average Bonchev–Trinajstić information content (AvgIpc) is 3.32. The maximum Gasteiger partial charge on any atom is 0.328 e. The van der Waals surface area contributed by atoms with Gasteiger partial charge in [0, 0.05) is 0 Å². The second-order valence-corrected chi connectivity index (χ2v) is 7.53. The van der Waals surface area contributed by atoms with Crippen LogP contribution in [0.1, 0.15) is 17.1 Å². The number of nitro groups is 2. The molecular weight excluding hydrogens is 513 g/mol. The van der Waals surface area contributed by atoms with Gasteiger partial charge in [-0.05, 0) is 20.8 Å². The summed E-state index contributed by atoms with van der Waals surface area (Å²) in [5.41, 5.74) is 7.29. The Kier molecular flexibility index (Phi) is 10.7. The summed E-state index contributed by atoms with van der Waals surface area (Å²) in [4.78, 5) is 19.6. The molecule has 0 atom stereocenters. The molecule has 0 aliphatic carbocycles. The van der Waals surface area contributed by atoms with Crippen LogP contribution < -0.4 is 5.73 Å². The predicted molar refractivity (Wildman–Crippen MR) is 130 cm³/mol. The number of halogens is 3. The average molecular weight is 535 g/mol. The molecule has 3 heterocycles. The maximum absolute atomic E-state index is 10.5. The first-order chi connectivity index (χ1) is 15.9. The van der Waals surface area contributed by atoms with Crippen LogP contribution in [0.3, 0.4) is 0 Å². The molecule has 16 heteroatoms. The Morgan fingerprint density at radius 1 is 0.941 bits per heavy atom. The van der Waals surface area contributed by atoms with Crippen LogP contribution in [0.2, 0.25) is 15.5 Å². The van der Waals surface area contributed by atoms with Crippen LogP contribution in [0.4, 0.5) is 17.1 Å². The van der Waals surface area contributed by atoms with Gasteiger partial charge in [-0.1, -0.05) is 47.0 Å². The van der Waals surface area contributed by atoms with Crippen molar-refractivity contribution in [3.05, 3.63) is 78.1 Å². The zero-order valence-electron chi connectivity index (χ0n) is 18.5. The minimum Gasteiger partial charge on any atom is -0.395 e. The van der Waals surface area contributed by atoms with Crippen LogP contribution in [0.5, 0.6) is 0 Å². The number of nitrogens with two attached hydrogens (primary N) is 1. The Bertz CT molecular complexity index is 1180. The number of H-pyrrole nitrogens is 1. The van der Waals surface area contributed by atoms with Gasteiger partial charge in [-0.2, -0.15) is 15.3 Å². The first-order valence-corrected chi connectivity index (χ1v) is 10.4. The van der Waals surface area contributed by atoms with Crippen molar-refractivity contribution in [2.75, 3.05) is 5.73 Å². The van der Waals surface area contributed by atoms with Gasteiger partial charge in [0.05, 0.1) is 34.3 Å². The third kappa shape index (κ3) is 7.04. The van der Waals surface area contributed by atoms with E-state index in [1.807, 2.05) is 6.92 Å². The lowest BCUT2D eigenvalue weighted by atomic mass is 10.4. The van der Waals surface area contributed by atoms with E-state index < -0.39 is 9.85 Å². The van der Waals surface area contributed by atoms with Crippen LogP contribution in [-0.2, 0) is 13.1 Å². The molecule has 3 aromatic rings. The highest BCUT2D eigenvalue weighted by Gasteiger charge is 2.22. The Hall–Kier alpha value is -3.42. The molecule has 34 heavy (non-hydrogen) atoms. The van der Waals surface area contributed by atoms with Gasteiger partial charge >= 0.3 is 11.4 Å². The minimum atomic E-state index is -0.568. The molecule has 0 amide bonds. The SMILES string of the molecule is C=CCn1nc(C)c(N)c1Cl.C=CCn1nc(C)c([N+](=O)[O-])c1Cl.Cc1[nH]nc(Cl)c1[N+](=O)[O-]. The molecular formula is C18H22Cl3N9O4. The molecule has 0 spiro atoms. The number of aromatic amines is 1. The van der Waals surface area contributed by atoms with E-state index in [2.05, 4.69) is 33.6 Å². The quantitative estimate of drug-likeness (QED) is 0.256. The summed E-state index contributed by atoms with van der Waals surface area (Å²) in [7, 11) is 0. The van der Waals surface area contributed by atoms with Crippen molar-refractivity contribution >= 4 is 51.9 Å². The molecule has 0 saturated carbocycles. The van der Waals surface area contributed by atoms with E-state index in [1.165, 1.54) is 11.6 Å². The normalized spacial score (nSPS) is 9.94. The molecule has 0 bridgehead atoms. The molecule has 184 valence electrons. The Morgan fingerprint density at radius 3 is 1.71 bits per heavy atom. The fourth-order valence-corrected chi connectivity index (χ4v) is 3.22. The van der Waals surface area contributed by atoms with E-state index in [1.54, 1.807) is 23.8 Å². The van der Waals surface area contributed by atoms with Crippen molar-refractivity contribution in [1.29, 1.82) is 0 Å². The van der Waals surface area contributed by atoms with E-state index >= 15 is 0 Å². The fourth-order valence-electron chi connectivity index (χ4n) is 2.41. The minimum absolute atomic E-state index is 0.0439. The van der Waals surface area contributed by atoms with Crippen molar-refractivity contribution in [3.63, 3.8) is 0 Å². The monoisotopic (exact) mass is 533 g/mol. The van der Waals surface area contributed by atoms with E-state index in [-0.39, 0.29) is 21.7 Å². The number of aromatic nitrogens is 6. The Labute approximate surface area is 209 Å². The van der Waals surface area contributed by atoms with Gasteiger partial charge < -0.3 is 5.73 Å². The van der Waals surface area contributed by atoms with E-state index in [0.717, 1.165) is 5.69 Å². The third-order valence-electron chi connectivity index (χ3n) is 3.99. The lowest BCUT2D eigenvalue weighted by molar-refractivity contribution is -0.385. The first kappa shape index (κ1) is 28.6. The Morgan fingerprint density at radius 2 is 1.41 bits per heavy atom. The smallest absolute Gasteiger partial charge is 0.328 e. The maximum atomic E-state index is 10.5. The van der Waals surface area contributed by atoms with Crippen molar-refractivity contribution in [2.45, 2.75) is 33.9 Å². The summed E-state index contributed by atoms with van der Waals surface area (Å²) < 4.78 is 2.95. The lowest BCUT2D eigenvalue weighted by Crippen LogP contribution is -1.97. The number of nitrogens with zero attached hydrogens (tertiary/aromatic N) is 7. The van der Waals surface area contributed by atoms with Crippen LogP contribution in [0.15, 0.2) is 25.3 Å². The van der Waals surface area contributed by atoms with E-state index in [4.69, 9.17) is 40.5 Å². The summed E-state index contributed by atoms with van der Waals surface area (Å²) in [6, 6.07) is 0. The lowest BCUT2D eigenvalue weighted by Gasteiger charge is -1.95. The zero-order chi connectivity index (χ0) is 26.2. The van der Waals surface area contributed by atoms with Gasteiger partial charge in [0.25, 0.3) is 0 Å². The number of aryl methyl sites for hydroxylation is 3. The second kappa shape index (κ2) is 12.7. The van der Waals surface area contributed by atoms with Gasteiger partial charge in [0.15, 0.2) is 5.15 Å². The summed E-state index contributed by atoms with van der Waals surface area (Å²) >= 11 is 16.9. The van der Waals surface area contributed by atoms with Gasteiger partial charge in [-0.15, -0.1) is 13.2 Å². The van der Waals surface area contributed by atoms with Crippen LogP contribution in [0.25, 0.3) is 0 Å². The number of allylic oxidation sites excluding steroid dienone is 2. The molecule has 13 nitrogen and oxygen atoms in total. The topological polar surface area (TPSA) is 177 Å². The number of nitrogen functional groups attached to an aromatic ring is 1. The van der Waals surface area contributed by atoms with Gasteiger partial charge in [0.2, 0.25) is 10.3 Å². The second-order valence-electron chi connectivity index (χ2n) is 6.46. The molecule has 0 unspecified atom stereocenters. The van der Waals surface area contributed by atoms with Crippen LogP contribution >= 0.6 is 34.8 Å². The Balaban J connectivity index is 0.000000257. The summed E-state index contributed by atoms with van der Waals surface area (Å²) in [5.74, 6) is 0. The zero-order valence-corrected chi connectivity index (χ0v) is 20.7. The number of hydrogen-bond donors (Lipinski definition) is 2. The van der Waals surface area contributed by atoms with E-state index in [0.29, 0.717) is 35.3 Å². The van der Waals surface area contributed by atoms with Crippen molar-refractivity contribution in [2.24, 2.45) is 0 Å². The molecule has 0 fully saturated rings. The predicted octanol–water partition coefficient (Wildman–Crippen LogP) is 4.83. The standard InChI is InChI=1S/C7H8ClN3O2.C7H10ClN3.C4H4ClN3O2/c1-3-4-10-7(8)6(11(12)13)5(2)9-10;1-3-4-11-7(8)6(9)5(2)10-11;1-2-3(8(9)10)4(5)7-6-2/h3H,1,4H2,2H3;3H,1,4,9H2,2H3;1H3,(H,6,7). The number of hydrogen-bond acceptors (Lipinski definition) is 8. The van der Waals surface area contributed by atoms with Gasteiger partial charge in [0.1, 0.15) is 11.4 Å². The van der Waals surface area contributed by atoms with Crippen molar-refractivity contribution < 1.29 is 9.85 Å². The van der Waals surface area contributed by atoms with Gasteiger partial charge in [-0.3, -0.25) is 25.3 Å². The van der Waals surface area contributed by atoms with E-state index in [9.17, 15) is 20.2 Å². The molecule has 0 aromatic carbocycles. The largest absolute Gasteiger partial charge is 0.395 e. The van der Waals surface area contributed by atoms with Gasteiger partial charge in [-0.25, -0.2) is 9.36 Å². The molecule has 3 aromatic heterocycles. The van der Waals surface area contributed by atoms with Crippen LogP contribution in [-0.4, -0.2) is 39.6 Å². The number of anilines is 1. The molecule has 3 rings (SSSR count). The molecule has 3 N–H and O–H groups in total. The summed E-state index contributed by atoms with van der Waals surface area (Å²) in [6.07, 6.45) is 3.29. The fraction of sp³-hybridized carbons (Fsp3) is 0.278. The summed E-state index contributed by atoms with van der Waals surface area (Å²) in [5, 5.41) is 34.9. The first-order valence-electron chi connectivity index (χ1n) is 9.29. The van der Waals surface area contributed by atoms with Crippen molar-refractivity contribution in [3.8, 4) is 0 Å². The molecule has 0 aliphatic rings. The number of nitrogens with one attached hydrogen (secondary N) is 1. The number of rotatable bonds is 6. The molecule has 0 aliphatic heterocycles.